The van der Waals surface area contributed by atoms with Crippen LogP contribution in [0.4, 0.5) is 5.69 Å². The van der Waals surface area contributed by atoms with Crippen molar-refractivity contribution in [2.75, 3.05) is 46.9 Å². The molecule has 0 N–H and O–H groups in total. The zero-order valence-electron chi connectivity index (χ0n) is 18.9. The van der Waals surface area contributed by atoms with Gasteiger partial charge >= 0.3 is 0 Å². The largest absolute Gasteiger partial charge is 0.493 e. The van der Waals surface area contributed by atoms with Crippen LogP contribution in [0.3, 0.4) is 0 Å². The van der Waals surface area contributed by atoms with Crippen molar-refractivity contribution in [1.29, 1.82) is 0 Å². The van der Waals surface area contributed by atoms with Crippen LogP contribution in [0.1, 0.15) is 36.2 Å². The lowest BCUT2D eigenvalue weighted by Gasteiger charge is -2.19. The minimum Gasteiger partial charge on any atom is -0.493 e. The maximum Gasteiger partial charge on any atom is 0.203 e. The zero-order chi connectivity index (χ0) is 22.3. The molecular formula is C24H31NO5. The number of ketones is 1. The molecule has 0 unspecified atom stereocenters. The fourth-order valence-electron chi connectivity index (χ4n) is 3.22. The summed E-state index contributed by atoms with van der Waals surface area (Å²) in [4.78, 5) is 15.2. The second-order valence-corrected chi connectivity index (χ2v) is 6.79. The summed E-state index contributed by atoms with van der Waals surface area (Å²) in [6.07, 6.45) is 2.41. The fraction of sp³-hybridized carbons (Fsp3) is 0.375. The van der Waals surface area contributed by atoms with E-state index in [4.69, 9.17) is 18.9 Å². The molecule has 0 radical (unpaired) electrons. The van der Waals surface area contributed by atoms with Crippen molar-refractivity contribution in [3.63, 3.8) is 0 Å². The summed E-state index contributed by atoms with van der Waals surface area (Å²) < 4.78 is 22.0. The van der Waals surface area contributed by atoms with Crippen LogP contribution >= 0.6 is 0 Å². The highest BCUT2D eigenvalue weighted by atomic mass is 16.5. The van der Waals surface area contributed by atoms with Crippen LogP contribution in [0.5, 0.6) is 23.0 Å². The Hall–Kier alpha value is -3.15. The summed E-state index contributed by atoms with van der Waals surface area (Å²) in [7, 11) is 8.55. The second-order valence-electron chi connectivity index (χ2n) is 6.79. The summed E-state index contributed by atoms with van der Waals surface area (Å²) in [5.74, 6) is 2.30. The number of Topliss-reactive ketones (excluding diaryl/α,β-unsaturated/α-hetero) is 1. The molecule has 30 heavy (non-hydrogen) atoms. The van der Waals surface area contributed by atoms with Gasteiger partial charge in [-0.05, 0) is 49.8 Å². The van der Waals surface area contributed by atoms with Gasteiger partial charge in [-0.3, -0.25) is 4.79 Å². The SMILES string of the molecule is CCOc1ccc(C(=O)/C(=C/c2ccc(OC)c(OC)c2OC)CC)cc1N(C)C. The molecule has 6 heteroatoms. The van der Waals surface area contributed by atoms with Crippen LogP contribution in [0, 0.1) is 0 Å². The van der Waals surface area contributed by atoms with E-state index in [2.05, 4.69) is 0 Å². The number of hydrogen-bond acceptors (Lipinski definition) is 6. The number of hydrogen-bond donors (Lipinski definition) is 0. The van der Waals surface area contributed by atoms with Crippen LogP contribution in [-0.2, 0) is 0 Å². The third-order valence-corrected chi connectivity index (χ3v) is 4.74. The van der Waals surface area contributed by atoms with Crippen molar-refractivity contribution in [2.45, 2.75) is 20.3 Å². The summed E-state index contributed by atoms with van der Waals surface area (Å²) >= 11 is 0. The topological polar surface area (TPSA) is 57.2 Å². The van der Waals surface area contributed by atoms with E-state index in [1.54, 1.807) is 33.5 Å². The van der Waals surface area contributed by atoms with E-state index < -0.39 is 0 Å². The predicted octanol–water partition coefficient (Wildman–Crippen LogP) is 4.85. The lowest BCUT2D eigenvalue weighted by molar-refractivity contribution is 0.103. The zero-order valence-corrected chi connectivity index (χ0v) is 18.9. The Bertz CT molecular complexity index is 918. The second kappa shape index (κ2) is 10.6. The molecular weight excluding hydrogens is 382 g/mol. The molecule has 0 aliphatic rings. The van der Waals surface area contributed by atoms with Gasteiger partial charge in [-0.25, -0.2) is 0 Å². The summed E-state index contributed by atoms with van der Waals surface area (Å²) in [5, 5.41) is 0. The van der Waals surface area contributed by atoms with Gasteiger partial charge in [0.05, 0.1) is 33.6 Å². The molecule has 162 valence electrons. The molecule has 0 heterocycles. The Morgan fingerprint density at radius 1 is 0.933 bits per heavy atom. The van der Waals surface area contributed by atoms with Crippen molar-refractivity contribution in [3.05, 3.63) is 47.0 Å². The number of methoxy groups -OCH3 is 3. The third-order valence-electron chi connectivity index (χ3n) is 4.74. The van der Waals surface area contributed by atoms with Gasteiger partial charge < -0.3 is 23.8 Å². The minimum absolute atomic E-state index is 0.0412. The van der Waals surface area contributed by atoms with Crippen LogP contribution in [0.15, 0.2) is 35.9 Å². The first-order valence-corrected chi connectivity index (χ1v) is 9.90. The monoisotopic (exact) mass is 413 g/mol. The Kier molecular flexibility index (Phi) is 8.16. The molecule has 6 nitrogen and oxygen atoms in total. The fourth-order valence-corrected chi connectivity index (χ4v) is 3.22. The van der Waals surface area contributed by atoms with E-state index in [9.17, 15) is 4.79 Å². The molecule has 2 aromatic rings. The molecule has 0 fully saturated rings. The molecule has 0 saturated heterocycles. The van der Waals surface area contributed by atoms with Crippen LogP contribution in [0.2, 0.25) is 0 Å². The average Bonchev–Trinajstić information content (AvgIpc) is 2.76. The summed E-state index contributed by atoms with van der Waals surface area (Å²) in [6, 6.07) is 9.16. The number of carbonyl (C=O) groups excluding carboxylic acids is 1. The van der Waals surface area contributed by atoms with Gasteiger partial charge in [0, 0.05) is 30.8 Å². The number of allylic oxidation sites excluding steroid dienone is 1. The normalized spacial score (nSPS) is 11.1. The first-order valence-electron chi connectivity index (χ1n) is 9.90. The van der Waals surface area contributed by atoms with Gasteiger partial charge in [0.25, 0.3) is 0 Å². The first-order chi connectivity index (χ1) is 14.4. The lowest BCUT2D eigenvalue weighted by atomic mass is 9.97. The molecule has 0 amide bonds. The Morgan fingerprint density at radius 3 is 2.13 bits per heavy atom. The van der Waals surface area contributed by atoms with Crippen LogP contribution in [0.25, 0.3) is 6.08 Å². The van der Waals surface area contributed by atoms with E-state index in [0.29, 0.717) is 41.4 Å². The number of carbonyl (C=O) groups is 1. The number of nitrogens with zero attached hydrogens (tertiary/aromatic N) is 1. The van der Waals surface area contributed by atoms with E-state index in [0.717, 1.165) is 17.0 Å². The Morgan fingerprint density at radius 2 is 1.60 bits per heavy atom. The van der Waals surface area contributed by atoms with Gasteiger partial charge in [0.1, 0.15) is 5.75 Å². The van der Waals surface area contributed by atoms with Gasteiger partial charge in [0.15, 0.2) is 17.3 Å². The quantitative estimate of drug-likeness (QED) is 0.410. The Balaban J connectivity index is 2.51. The summed E-state index contributed by atoms with van der Waals surface area (Å²) in [5.41, 5.74) is 2.88. The Labute approximate surface area is 179 Å². The maximum atomic E-state index is 13.3. The standard InChI is InChI=1S/C24H31NO5/c1-8-16(14-18-11-13-21(27-5)24(29-7)23(18)28-6)22(26)17-10-12-20(30-9-2)19(15-17)25(3)4/h10-15H,8-9H2,1-7H3/b16-14+. The molecule has 2 aromatic carbocycles. The molecule has 0 aliphatic heterocycles. The maximum absolute atomic E-state index is 13.3. The predicted molar refractivity (Wildman–Crippen MR) is 121 cm³/mol. The lowest BCUT2D eigenvalue weighted by Crippen LogP contribution is -2.12. The number of rotatable bonds is 10. The van der Waals surface area contributed by atoms with Crippen molar-refractivity contribution in [2.24, 2.45) is 0 Å². The van der Waals surface area contributed by atoms with Crippen molar-refractivity contribution in [3.8, 4) is 23.0 Å². The van der Waals surface area contributed by atoms with Gasteiger partial charge in [-0.1, -0.05) is 6.92 Å². The molecule has 0 bridgehead atoms. The average molecular weight is 414 g/mol. The van der Waals surface area contributed by atoms with Gasteiger partial charge in [-0.15, -0.1) is 0 Å². The van der Waals surface area contributed by atoms with Crippen molar-refractivity contribution >= 4 is 17.5 Å². The molecule has 0 atom stereocenters. The summed E-state index contributed by atoms with van der Waals surface area (Å²) in [6.45, 7) is 4.46. The molecule has 2 rings (SSSR count). The van der Waals surface area contributed by atoms with E-state index in [1.165, 1.54) is 0 Å². The van der Waals surface area contributed by atoms with Crippen LogP contribution in [-0.4, -0.2) is 47.8 Å². The molecule has 0 saturated carbocycles. The third kappa shape index (κ3) is 4.87. The van der Waals surface area contributed by atoms with Gasteiger partial charge in [0.2, 0.25) is 5.75 Å². The van der Waals surface area contributed by atoms with E-state index in [-0.39, 0.29) is 5.78 Å². The smallest absolute Gasteiger partial charge is 0.203 e. The van der Waals surface area contributed by atoms with Crippen LogP contribution < -0.4 is 23.8 Å². The molecule has 0 aliphatic carbocycles. The number of anilines is 1. The number of ether oxygens (including phenoxy) is 4. The van der Waals surface area contributed by atoms with Crippen molar-refractivity contribution < 1.29 is 23.7 Å². The van der Waals surface area contributed by atoms with Crippen molar-refractivity contribution in [1.82, 2.24) is 0 Å². The highest BCUT2D eigenvalue weighted by molar-refractivity contribution is 6.12. The van der Waals surface area contributed by atoms with E-state index in [1.807, 2.05) is 57.1 Å². The first kappa shape index (κ1) is 23.1. The molecule has 0 spiro atoms. The van der Waals surface area contributed by atoms with Gasteiger partial charge in [-0.2, -0.15) is 0 Å². The van der Waals surface area contributed by atoms with E-state index >= 15 is 0 Å². The number of benzene rings is 2. The minimum atomic E-state index is -0.0412. The highest BCUT2D eigenvalue weighted by Crippen LogP contribution is 2.41. The molecule has 0 aromatic heterocycles. The highest BCUT2D eigenvalue weighted by Gasteiger charge is 2.18.